The van der Waals surface area contributed by atoms with E-state index < -0.39 is 0 Å². The van der Waals surface area contributed by atoms with Gasteiger partial charge in [0.25, 0.3) is 0 Å². The highest BCUT2D eigenvalue weighted by Crippen LogP contribution is 2.11. The standard InChI is InChI=1S/C16H15NO/c1-2-12-17-13-4-3-5-15(17)9-6-14-7-10-16(18)11-8-14/h2-11,13H,1,12H2/p+1. The molecule has 0 saturated carbocycles. The van der Waals surface area contributed by atoms with E-state index in [4.69, 9.17) is 0 Å². The Morgan fingerprint density at radius 2 is 1.83 bits per heavy atom. The average molecular weight is 238 g/mol. The van der Waals surface area contributed by atoms with E-state index in [0.29, 0.717) is 0 Å². The number of hydrogen-bond donors (Lipinski definition) is 1. The second-order valence-corrected chi connectivity index (χ2v) is 3.99. The van der Waals surface area contributed by atoms with Crippen LogP contribution in [0, 0.1) is 0 Å². The number of phenols is 1. The third kappa shape index (κ3) is 3.08. The lowest BCUT2D eigenvalue weighted by Crippen LogP contribution is -2.35. The first kappa shape index (κ1) is 12.1. The monoisotopic (exact) mass is 238 g/mol. The minimum atomic E-state index is 0.286. The molecule has 0 aliphatic carbocycles. The minimum Gasteiger partial charge on any atom is -0.508 e. The van der Waals surface area contributed by atoms with Gasteiger partial charge in [0.1, 0.15) is 5.75 Å². The third-order valence-electron chi connectivity index (χ3n) is 2.64. The smallest absolute Gasteiger partial charge is 0.205 e. The van der Waals surface area contributed by atoms with Crippen molar-refractivity contribution in [2.24, 2.45) is 0 Å². The molecule has 90 valence electrons. The summed E-state index contributed by atoms with van der Waals surface area (Å²) >= 11 is 0. The number of aromatic nitrogens is 1. The van der Waals surface area contributed by atoms with Gasteiger partial charge in [-0.2, -0.15) is 4.57 Å². The zero-order valence-electron chi connectivity index (χ0n) is 10.2. The lowest BCUT2D eigenvalue weighted by Gasteiger charge is -1.97. The molecule has 1 aromatic heterocycles. The Morgan fingerprint density at radius 1 is 1.06 bits per heavy atom. The van der Waals surface area contributed by atoms with E-state index in [1.807, 2.05) is 42.6 Å². The molecule has 0 spiro atoms. The van der Waals surface area contributed by atoms with Gasteiger partial charge in [-0.25, -0.2) is 0 Å². The molecule has 0 unspecified atom stereocenters. The van der Waals surface area contributed by atoms with Gasteiger partial charge in [-0.3, -0.25) is 0 Å². The van der Waals surface area contributed by atoms with Crippen LogP contribution in [0.5, 0.6) is 5.75 Å². The van der Waals surface area contributed by atoms with Crippen molar-refractivity contribution in [3.8, 4) is 5.75 Å². The van der Waals surface area contributed by atoms with Crippen LogP contribution < -0.4 is 4.57 Å². The molecule has 1 aromatic carbocycles. The zero-order valence-corrected chi connectivity index (χ0v) is 10.2. The average Bonchev–Trinajstić information content (AvgIpc) is 2.40. The van der Waals surface area contributed by atoms with Crippen molar-refractivity contribution in [2.45, 2.75) is 6.54 Å². The van der Waals surface area contributed by atoms with E-state index in [1.54, 1.807) is 12.1 Å². The van der Waals surface area contributed by atoms with Crippen molar-refractivity contribution in [3.63, 3.8) is 0 Å². The number of rotatable bonds is 4. The molecule has 2 heteroatoms. The summed E-state index contributed by atoms with van der Waals surface area (Å²) in [5.74, 6) is 0.286. The number of allylic oxidation sites excluding steroid dienone is 1. The summed E-state index contributed by atoms with van der Waals surface area (Å²) in [6.07, 6.45) is 7.97. The number of pyridine rings is 1. The van der Waals surface area contributed by atoms with Gasteiger partial charge in [0.05, 0.1) is 0 Å². The first-order valence-electron chi connectivity index (χ1n) is 5.86. The largest absolute Gasteiger partial charge is 0.508 e. The highest BCUT2D eigenvalue weighted by atomic mass is 16.3. The van der Waals surface area contributed by atoms with Crippen LogP contribution in [-0.4, -0.2) is 5.11 Å². The fourth-order valence-corrected chi connectivity index (χ4v) is 1.71. The summed E-state index contributed by atoms with van der Waals surface area (Å²) in [6.45, 7) is 4.54. The Hall–Kier alpha value is -2.35. The number of benzene rings is 1. The van der Waals surface area contributed by atoms with Crippen LogP contribution in [0.3, 0.4) is 0 Å². The maximum atomic E-state index is 9.22. The molecule has 2 rings (SSSR count). The summed E-state index contributed by atoms with van der Waals surface area (Å²) in [5.41, 5.74) is 2.17. The predicted octanol–water partition coefficient (Wildman–Crippen LogP) is 3.04. The molecular weight excluding hydrogens is 222 g/mol. The van der Waals surface area contributed by atoms with Crippen molar-refractivity contribution in [1.29, 1.82) is 0 Å². The Bertz CT molecular complexity index is 556. The lowest BCUT2D eigenvalue weighted by atomic mass is 10.2. The molecule has 0 fully saturated rings. The number of nitrogens with zero attached hydrogens (tertiary/aromatic N) is 1. The molecule has 0 aliphatic heterocycles. The normalized spacial score (nSPS) is 10.7. The van der Waals surface area contributed by atoms with Crippen LogP contribution in [0.15, 0.2) is 61.3 Å². The van der Waals surface area contributed by atoms with E-state index >= 15 is 0 Å². The number of hydrogen-bond acceptors (Lipinski definition) is 1. The van der Waals surface area contributed by atoms with Gasteiger partial charge >= 0.3 is 0 Å². The fourth-order valence-electron chi connectivity index (χ4n) is 1.71. The molecule has 18 heavy (non-hydrogen) atoms. The number of phenolic OH excluding ortho intramolecular Hbond substituents is 1. The van der Waals surface area contributed by atoms with Crippen LogP contribution >= 0.6 is 0 Å². The Morgan fingerprint density at radius 3 is 2.56 bits per heavy atom. The molecule has 0 bridgehead atoms. The van der Waals surface area contributed by atoms with Crippen molar-refractivity contribution in [1.82, 2.24) is 0 Å². The van der Waals surface area contributed by atoms with E-state index in [2.05, 4.69) is 23.3 Å². The minimum absolute atomic E-state index is 0.286. The molecule has 1 heterocycles. The first-order valence-corrected chi connectivity index (χ1v) is 5.86. The third-order valence-corrected chi connectivity index (χ3v) is 2.64. The topological polar surface area (TPSA) is 24.1 Å². The van der Waals surface area contributed by atoms with Crippen LogP contribution in [0.25, 0.3) is 12.2 Å². The van der Waals surface area contributed by atoms with Gasteiger partial charge in [-0.1, -0.05) is 18.7 Å². The van der Waals surface area contributed by atoms with E-state index in [0.717, 1.165) is 17.8 Å². The molecule has 2 aromatic rings. The molecule has 1 N–H and O–H groups in total. The quantitative estimate of drug-likeness (QED) is 0.642. The molecule has 0 amide bonds. The molecule has 2 nitrogen and oxygen atoms in total. The van der Waals surface area contributed by atoms with Crippen LogP contribution in [-0.2, 0) is 6.54 Å². The zero-order chi connectivity index (χ0) is 12.8. The SMILES string of the molecule is C=CC[n+]1ccccc1C=Cc1ccc(O)cc1. The van der Waals surface area contributed by atoms with Crippen LogP contribution in [0.2, 0.25) is 0 Å². The summed E-state index contributed by atoms with van der Waals surface area (Å²) < 4.78 is 2.11. The highest BCUT2D eigenvalue weighted by molar-refractivity contribution is 5.67. The maximum absolute atomic E-state index is 9.22. The Labute approximate surface area is 107 Å². The van der Waals surface area contributed by atoms with Crippen molar-refractivity contribution >= 4 is 12.2 Å². The Balaban J connectivity index is 2.22. The van der Waals surface area contributed by atoms with E-state index in [9.17, 15) is 5.11 Å². The summed E-state index contributed by atoms with van der Waals surface area (Å²) in [4.78, 5) is 0. The predicted molar refractivity (Wildman–Crippen MR) is 73.9 cm³/mol. The molecular formula is C16H16NO+. The van der Waals surface area contributed by atoms with Crippen LogP contribution in [0.1, 0.15) is 11.3 Å². The Kier molecular flexibility index (Phi) is 3.92. The van der Waals surface area contributed by atoms with Crippen LogP contribution in [0.4, 0.5) is 0 Å². The highest BCUT2D eigenvalue weighted by Gasteiger charge is 2.02. The molecule has 0 aliphatic rings. The van der Waals surface area contributed by atoms with Crippen molar-refractivity contribution in [2.75, 3.05) is 0 Å². The maximum Gasteiger partial charge on any atom is 0.205 e. The van der Waals surface area contributed by atoms with Gasteiger partial charge in [0.15, 0.2) is 12.7 Å². The van der Waals surface area contributed by atoms with Gasteiger partial charge in [-0.05, 0) is 35.9 Å². The lowest BCUT2D eigenvalue weighted by molar-refractivity contribution is -0.688. The van der Waals surface area contributed by atoms with Crippen molar-refractivity contribution in [3.05, 3.63) is 72.6 Å². The summed E-state index contributed by atoms with van der Waals surface area (Å²) in [6, 6.07) is 13.2. The van der Waals surface area contributed by atoms with Gasteiger partial charge < -0.3 is 5.11 Å². The second kappa shape index (κ2) is 5.82. The fraction of sp³-hybridized carbons (Fsp3) is 0.0625. The van der Waals surface area contributed by atoms with E-state index in [-0.39, 0.29) is 5.75 Å². The summed E-state index contributed by atoms with van der Waals surface area (Å²) in [7, 11) is 0. The van der Waals surface area contributed by atoms with E-state index in [1.165, 1.54) is 0 Å². The molecule has 0 radical (unpaired) electrons. The molecule has 0 saturated heterocycles. The number of aromatic hydroxyl groups is 1. The first-order chi connectivity index (χ1) is 8.79. The van der Waals surface area contributed by atoms with Gasteiger partial charge in [0, 0.05) is 18.2 Å². The summed E-state index contributed by atoms with van der Waals surface area (Å²) in [5, 5.41) is 9.22. The van der Waals surface area contributed by atoms with Gasteiger partial charge in [-0.15, -0.1) is 0 Å². The molecule has 0 atom stereocenters. The second-order valence-electron chi connectivity index (χ2n) is 3.99. The van der Waals surface area contributed by atoms with Crippen molar-refractivity contribution < 1.29 is 9.67 Å². The van der Waals surface area contributed by atoms with Gasteiger partial charge in [0.2, 0.25) is 5.69 Å².